The third kappa shape index (κ3) is 3.83. The third-order valence-corrected chi connectivity index (χ3v) is 3.90. The minimum absolute atomic E-state index is 0. The number of likely N-dealkylation sites (tertiary alicyclic amines) is 1. The van der Waals surface area contributed by atoms with Gasteiger partial charge >= 0.3 is 5.97 Å². The molecule has 2 heterocycles. The zero-order valence-electron chi connectivity index (χ0n) is 12.8. The Bertz CT molecular complexity index is 656. The highest BCUT2D eigenvalue weighted by molar-refractivity contribution is 5.85. The Balaban J connectivity index is 0.00000192. The number of benzene rings is 1. The number of rotatable bonds is 5. The van der Waals surface area contributed by atoms with Crippen LogP contribution in [-0.2, 0) is 11.3 Å². The van der Waals surface area contributed by atoms with Crippen LogP contribution < -0.4 is 4.74 Å². The van der Waals surface area contributed by atoms with Crippen molar-refractivity contribution >= 4 is 18.4 Å². The standard InChI is InChI=1S/C16H18N2O4.ClH/c1-21-13-6-4-11(5-7-13)15-17-12(10-22-15)9-18-8-2-3-14(18)16(19)20;/h4-7,10,14H,2-3,8-9H2,1H3,(H,19,20);1H. The second-order valence-electron chi connectivity index (χ2n) is 5.34. The van der Waals surface area contributed by atoms with Gasteiger partial charge in [0.25, 0.3) is 0 Å². The Morgan fingerprint density at radius 2 is 2.17 bits per heavy atom. The van der Waals surface area contributed by atoms with E-state index in [1.807, 2.05) is 29.2 Å². The maximum absolute atomic E-state index is 11.2. The van der Waals surface area contributed by atoms with Crippen LogP contribution in [0.15, 0.2) is 34.9 Å². The quantitative estimate of drug-likeness (QED) is 0.903. The molecule has 0 aliphatic carbocycles. The second kappa shape index (κ2) is 7.48. The molecule has 1 fully saturated rings. The molecule has 1 atom stereocenters. The van der Waals surface area contributed by atoms with Crippen molar-refractivity contribution in [3.05, 3.63) is 36.2 Å². The Hall–Kier alpha value is -2.05. The molecular weight excluding hydrogens is 320 g/mol. The number of methoxy groups -OCH3 is 1. The first-order chi connectivity index (χ1) is 10.7. The van der Waals surface area contributed by atoms with Gasteiger partial charge in [-0.3, -0.25) is 9.69 Å². The van der Waals surface area contributed by atoms with E-state index in [4.69, 9.17) is 9.15 Å². The lowest BCUT2D eigenvalue weighted by molar-refractivity contribution is -0.142. The molecule has 3 rings (SSSR count). The molecule has 1 aromatic carbocycles. The predicted octanol–water partition coefficient (Wildman–Crippen LogP) is 2.82. The van der Waals surface area contributed by atoms with Crippen molar-refractivity contribution < 1.29 is 19.1 Å². The summed E-state index contributed by atoms with van der Waals surface area (Å²) in [5.74, 6) is 0.539. The molecule has 0 bridgehead atoms. The predicted molar refractivity (Wildman–Crippen MR) is 86.8 cm³/mol. The van der Waals surface area contributed by atoms with Gasteiger partial charge in [0.2, 0.25) is 5.89 Å². The van der Waals surface area contributed by atoms with Crippen LogP contribution in [0.25, 0.3) is 11.5 Å². The van der Waals surface area contributed by atoms with Crippen molar-refractivity contribution in [1.29, 1.82) is 0 Å². The molecule has 1 aliphatic rings. The fraction of sp³-hybridized carbons (Fsp3) is 0.375. The van der Waals surface area contributed by atoms with E-state index in [9.17, 15) is 9.90 Å². The number of ether oxygens (including phenoxy) is 1. The first kappa shape index (κ1) is 17.3. The number of nitrogens with zero attached hydrogens (tertiary/aromatic N) is 2. The lowest BCUT2D eigenvalue weighted by Crippen LogP contribution is -2.35. The van der Waals surface area contributed by atoms with Crippen LogP contribution in [0, 0.1) is 0 Å². The number of halogens is 1. The largest absolute Gasteiger partial charge is 0.497 e. The number of aromatic nitrogens is 1. The normalized spacial score (nSPS) is 17.7. The highest BCUT2D eigenvalue weighted by Gasteiger charge is 2.30. The maximum atomic E-state index is 11.2. The van der Waals surface area contributed by atoms with Crippen LogP contribution in [0.2, 0.25) is 0 Å². The average molecular weight is 339 g/mol. The number of aliphatic carboxylic acids is 1. The van der Waals surface area contributed by atoms with E-state index in [-0.39, 0.29) is 12.4 Å². The van der Waals surface area contributed by atoms with Crippen LogP contribution in [0.5, 0.6) is 5.75 Å². The van der Waals surface area contributed by atoms with E-state index in [1.54, 1.807) is 13.4 Å². The number of carbonyl (C=O) groups is 1. The first-order valence-corrected chi connectivity index (χ1v) is 7.23. The monoisotopic (exact) mass is 338 g/mol. The molecule has 124 valence electrons. The van der Waals surface area contributed by atoms with Gasteiger partial charge in [0.15, 0.2) is 0 Å². The summed E-state index contributed by atoms with van der Waals surface area (Å²) in [6.07, 6.45) is 3.19. The number of oxazole rings is 1. The highest BCUT2D eigenvalue weighted by Crippen LogP contribution is 2.24. The molecule has 0 radical (unpaired) electrons. The summed E-state index contributed by atoms with van der Waals surface area (Å²) in [7, 11) is 1.62. The number of hydrogen-bond donors (Lipinski definition) is 1. The molecule has 23 heavy (non-hydrogen) atoms. The highest BCUT2D eigenvalue weighted by atomic mass is 35.5. The molecule has 0 saturated carbocycles. The molecule has 2 aromatic rings. The Labute approximate surface area is 140 Å². The van der Waals surface area contributed by atoms with Crippen molar-refractivity contribution in [2.75, 3.05) is 13.7 Å². The molecular formula is C16H19ClN2O4. The smallest absolute Gasteiger partial charge is 0.320 e. The van der Waals surface area contributed by atoms with Gasteiger partial charge in [-0.1, -0.05) is 0 Å². The maximum Gasteiger partial charge on any atom is 0.320 e. The molecule has 1 saturated heterocycles. The van der Waals surface area contributed by atoms with Gasteiger partial charge in [-0.15, -0.1) is 12.4 Å². The van der Waals surface area contributed by atoms with E-state index < -0.39 is 12.0 Å². The zero-order chi connectivity index (χ0) is 15.5. The van der Waals surface area contributed by atoms with Crippen LogP contribution in [0.3, 0.4) is 0 Å². The molecule has 0 amide bonds. The molecule has 1 aromatic heterocycles. The van der Waals surface area contributed by atoms with Crippen LogP contribution >= 0.6 is 12.4 Å². The van der Waals surface area contributed by atoms with Gasteiger partial charge in [0, 0.05) is 12.1 Å². The summed E-state index contributed by atoms with van der Waals surface area (Å²) in [6, 6.07) is 7.04. The van der Waals surface area contributed by atoms with Crippen molar-refractivity contribution in [2.24, 2.45) is 0 Å². The van der Waals surface area contributed by atoms with E-state index in [0.717, 1.165) is 30.0 Å². The number of carboxylic acids is 1. The minimum atomic E-state index is -0.767. The molecule has 1 aliphatic heterocycles. The topological polar surface area (TPSA) is 75.8 Å². The Morgan fingerprint density at radius 3 is 2.83 bits per heavy atom. The van der Waals surface area contributed by atoms with Crippen molar-refractivity contribution in [3.63, 3.8) is 0 Å². The van der Waals surface area contributed by atoms with Gasteiger partial charge < -0.3 is 14.3 Å². The summed E-state index contributed by atoms with van der Waals surface area (Å²) < 4.78 is 10.6. The summed E-state index contributed by atoms with van der Waals surface area (Å²) in [6.45, 7) is 1.28. The number of hydrogen-bond acceptors (Lipinski definition) is 5. The van der Waals surface area contributed by atoms with Gasteiger partial charge in [-0.05, 0) is 43.7 Å². The van der Waals surface area contributed by atoms with Crippen molar-refractivity contribution in [2.45, 2.75) is 25.4 Å². The molecule has 6 nitrogen and oxygen atoms in total. The molecule has 1 N–H and O–H groups in total. The van der Waals surface area contributed by atoms with Crippen LogP contribution in [0.4, 0.5) is 0 Å². The van der Waals surface area contributed by atoms with E-state index in [2.05, 4.69) is 4.98 Å². The fourth-order valence-electron chi connectivity index (χ4n) is 2.75. The summed E-state index contributed by atoms with van der Waals surface area (Å²) in [5.41, 5.74) is 1.61. The third-order valence-electron chi connectivity index (χ3n) is 3.90. The van der Waals surface area contributed by atoms with E-state index in [0.29, 0.717) is 18.9 Å². The Kier molecular flexibility index (Phi) is 5.63. The zero-order valence-corrected chi connectivity index (χ0v) is 13.6. The fourth-order valence-corrected chi connectivity index (χ4v) is 2.75. The van der Waals surface area contributed by atoms with Crippen LogP contribution in [0.1, 0.15) is 18.5 Å². The Morgan fingerprint density at radius 1 is 1.43 bits per heavy atom. The summed E-state index contributed by atoms with van der Waals surface area (Å²) in [4.78, 5) is 17.6. The van der Waals surface area contributed by atoms with Crippen molar-refractivity contribution in [3.8, 4) is 17.2 Å². The minimum Gasteiger partial charge on any atom is -0.497 e. The van der Waals surface area contributed by atoms with E-state index >= 15 is 0 Å². The van der Waals surface area contributed by atoms with Gasteiger partial charge in [0.05, 0.1) is 12.8 Å². The molecule has 0 spiro atoms. The summed E-state index contributed by atoms with van der Waals surface area (Å²) >= 11 is 0. The van der Waals surface area contributed by atoms with Gasteiger partial charge in [-0.25, -0.2) is 4.98 Å². The van der Waals surface area contributed by atoms with E-state index in [1.165, 1.54) is 0 Å². The van der Waals surface area contributed by atoms with Gasteiger partial charge in [-0.2, -0.15) is 0 Å². The first-order valence-electron chi connectivity index (χ1n) is 7.23. The van der Waals surface area contributed by atoms with Gasteiger partial charge in [0.1, 0.15) is 18.1 Å². The van der Waals surface area contributed by atoms with Crippen LogP contribution in [-0.4, -0.2) is 40.7 Å². The summed E-state index contributed by atoms with van der Waals surface area (Å²) in [5, 5.41) is 9.20. The lowest BCUT2D eigenvalue weighted by Gasteiger charge is -2.19. The molecule has 1 unspecified atom stereocenters. The lowest BCUT2D eigenvalue weighted by atomic mass is 10.2. The molecule has 7 heteroatoms. The SMILES string of the molecule is COc1ccc(-c2nc(CN3CCCC3C(=O)O)co2)cc1.Cl. The second-order valence-corrected chi connectivity index (χ2v) is 5.34. The average Bonchev–Trinajstić information content (AvgIpc) is 3.17. The van der Waals surface area contributed by atoms with Crippen molar-refractivity contribution in [1.82, 2.24) is 9.88 Å². The number of carboxylic acid groups (broad SMARTS) is 1.